The van der Waals surface area contributed by atoms with E-state index in [1.54, 1.807) is 55.5 Å². The Bertz CT molecular complexity index is 658. The van der Waals surface area contributed by atoms with E-state index in [-0.39, 0.29) is 6.61 Å². The standard InChI is InChI=1S/C17H16BrNO4/c1-12(23-15-5-3-2-4-6-15)17(21)22-11-16(20)19-14-9-7-13(18)8-10-14/h2-10,12H,11H2,1H3,(H,19,20)/t12-/m1/s1. The number of esters is 1. The number of hydrogen-bond donors (Lipinski definition) is 1. The third-order valence-electron chi connectivity index (χ3n) is 2.86. The fraction of sp³-hybridized carbons (Fsp3) is 0.176. The molecule has 120 valence electrons. The lowest BCUT2D eigenvalue weighted by Crippen LogP contribution is -2.29. The minimum Gasteiger partial charge on any atom is -0.479 e. The van der Waals surface area contributed by atoms with Gasteiger partial charge in [-0.2, -0.15) is 0 Å². The molecular weight excluding hydrogens is 362 g/mol. The average molecular weight is 378 g/mol. The molecule has 0 aliphatic carbocycles. The summed E-state index contributed by atoms with van der Waals surface area (Å²) in [5.74, 6) is -0.441. The Balaban J connectivity index is 1.76. The van der Waals surface area contributed by atoms with Crippen molar-refractivity contribution in [3.63, 3.8) is 0 Å². The predicted octanol–water partition coefficient (Wildman–Crippen LogP) is 3.40. The van der Waals surface area contributed by atoms with Crippen molar-refractivity contribution in [3.8, 4) is 5.75 Å². The van der Waals surface area contributed by atoms with Crippen molar-refractivity contribution in [1.29, 1.82) is 0 Å². The molecule has 0 saturated carbocycles. The first-order chi connectivity index (χ1) is 11.0. The van der Waals surface area contributed by atoms with Crippen LogP contribution in [0.5, 0.6) is 5.75 Å². The molecule has 6 heteroatoms. The van der Waals surface area contributed by atoms with Crippen molar-refractivity contribution < 1.29 is 19.1 Å². The molecule has 2 aromatic rings. The van der Waals surface area contributed by atoms with Crippen LogP contribution in [0.1, 0.15) is 6.92 Å². The van der Waals surface area contributed by atoms with Gasteiger partial charge in [-0.15, -0.1) is 0 Å². The van der Waals surface area contributed by atoms with Crippen LogP contribution in [0, 0.1) is 0 Å². The first-order valence-electron chi connectivity index (χ1n) is 6.98. The SMILES string of the molecule is C[C@@H](Oc1ccccc1)C(=O)OCC(=O)Nc1ccc(Br)cc1. The van der Waals surface area contributed by atoms with Gasteiger partial charge >= 0.3 is 5.97 Å². The van der Waals surface area contributed by atoms with E-state index in [4.69, 9.17) is 9.47 Å². The second-order valence-electron chi connectivity index (χ2n) is 4.74. The topological polar surface area (TPSA) is 64.6 Å². The molecule has 1 amide bonds. The molecule has 0 heterocycles. The molecule has 0 aliphatic heterocycles. The number of amides is 1. The van der Waals surface area contributed by atoms with Crippen molar-refractivity contribution in [2.24, 2.45) is 0 Å². The Kier molecular flexibility index (Phi) is 6.17. The van der Waals surface area contributed by atoms with E-state index in [9.17, 15) is 9.59 Å². The summed E-state index contributed by atoms with van der Waals surface area (Å²) in [5, 5.41) is 2.64. The zero-order valence-corrected chi connectivity index (χ0v) is 14.1. The van der Waals surface area contributed by atoms with E-state index in [0.717, 1.165) is 4.47 Å². The summed E-state index contributed by atoms with van der Waals surface area (Å²) in [6, 6.07) is 16.0. The third-order valence-corrected chi connectivity index (χ3v) is 3.39. The Morgan fingerprint density at radius 3 is 2.39 bits per heavy atom. The first kappa shape index (κ1) is 17.0. The lowest BCUT2D eigenvalue weighted by molar-refractivity contribution is -0.153. The molecule has 0 radical (unpaired) electrons. The van der Waals surface area contributed by atoms with Gasteiger partial charge in [-0.3, -0.25) is 4.79 Å². The number of anilines is 1. The van der Waals surface area contributed by atoms with Crippen molar-refractivity contribution in [2.75, 3.05) is 11.9 Å². The van der Waals surface area contributed by atoms with Crippen molar-refractivity contribution >= 4 is 33.5 Å². The number of hydrogen-bond acceptors (Lipinski definition) is 4. The first-order valence-corrected chi connectivity index (χ1v) is 7.77. The summed E-state index contributed by atoms with van der Waals surface area (Å²) in [4.78, 5) is 23.6. The number of benzene rings is 2. The van der Waals surface area contributed by atoms with Crippen LogP contribution < -0.4 is 10.1 Å². The van der Waals surface area contributed by atoms with Gasteiger partial charge in [0.2, 0.25) is 0 Å². The van der Waals surface area contributed by atoms with Gasteiger partial charge in [0.25, 0.3) is 5.91 Å². The molecule has 0 bridgehead atoms. The van der Waals surface area contributed by atoms with Crippen LogP contribution in [0.15, 0.2) is 59.1 Å². The maximum atomic E-state index is 11.8. The molecule has 23 heavy (non-hydrogen) atoms. The second kappa shape index (κ2) is 8.33. The minimum absolute atomic E-state index is 0.364. The Morgan fingerprint density at radius 1 is 1.09 bits per heavy atom. The number of halogens is 1. The highest BCUT2D eigenvalue weighted by atomic mass is 79.9. The van der Waals surface area contributed by atoms with Crippen molar-refractivity contribution in [3.05, 3.63) is 59.1 Å². The highest BCUT2D eigenvalue weighted by Gasteiger charge is 2.17. The molecule has 0 aromatic heterocycles. The van der Waals surface area contributed by atoms with Gasteiger partial charge in [0.05, 0.1) is 0 Å². The summed E-state index contributed by atoms with van der Waals surface area (Å²) in [6.07, 6.45) is -0.794. The van der Waals surface area contributed by atoms with Gasteiger partial charge in [0.15, 0.2) is 12.7 Å². The quantitative estimate of drug-likeness (QED) is 0.783. The summed E-state index contributed by atoms with van der Waals surface area (Å²) < 4.78 is 11.3. The van der Waals surface area contributed by atoms with Crippen LogP contribution >= 0.6 is 15.9 Å². The highest BCUT2D eigenvalue weighted by molar-refractivity contribution is 9.10. The molecule has 5 nitrogen and oxygen atoms in total. The maximum Gasteiger partial charge on any atom is 0.347 e. The van der Waals surface area contributed by atoms with Crippen molar-refractivity contribution in [1.82, 2.24) is 0 Å². The van der Waals surface area contributed by atoms with E-state index >= 15 is 0 Å². The third kappa shape index (κ3) is 5.75. The summed E-state index contributed by atoms with van der Waals surface area (Å²) in [7, 11) is 0. The molecule has 1 N–H and O–H groups in total. The van der Waals surface area contributed by atoms with Crippen LogP contribution in [0.3, 0.4) is 0 Å². The number of rotatable bonds is 6. The molecule has 0 unspecified atom stereocenters. The number of nitrogens with one attached hydrogen (secondary N) is 1. The van der Waals surface area contributed by atoms with Gasteiger partial charge in [-0.1, -0.05) is 34.1 Å². The van der Waals surface area contributed by atoms with E-state index in [1.165, 1.54) is 0 Å². The van der Waals surface area contributed by atoms with E-state index < -0.39 is 18.0 Å². The summed E-state index contributed by atoms with van der Waals surface area (Å²) in [5.41, 5.74) is 0.628. The molecule has 2 rings (SSSR count). The van der Waals surface area contributed by atoms with Crippen LogP contribution in [0.25, 0.3) is 0 Å². The van der Waals surface area contributed by atoms with Gasteiger partial charge in [0, 0.05) is 10.2 Å². The number of carbonyl (C=O) groups is 2. The summed E-state index contributed by atoms with van der Waals surface area (Å²) in [6.45, 7) is 1.21. The lowest BCUT2D eigenvalue weighted by atomic mass is 10.3. The lowest BCUT2D eigenvalue weighted by Gasteiger charge is -2.13. The van der Waals surface area contributed by atoms with Crippen molar-refractivity contribution in [2.45, 2.75) is 13.0 Å². The number of carbonyl (C=O) groups excluding carboxylic acids is 2. The monoisotopic (exact) mass is 377 g/mol. The molecule has 0 saturated heterocycles. The fourth-order valence-electron chi connectivity index (χ4n) is 1.74. The molecule has 2 aromatic carbocycles. The minimum atomic E-state index is -0.794. The highest BCUT2D eigenvalue weighted by Crippen LogP contribution is 2.14. The van der Waals surface area contributed by atoms with Gasteiger partial charge in [0.1, 0.15) is 5.75 Å². The molecule has 0 spiro atoms. The maximum absolute atomic E-state index is 11.8. The largest absolute Gasteiger partial charge is 0.479 e. The number of ether oxygens (including phenoxy) is 2. The normalized spacial score (nSPS) is 11.4. The second-order valence-corrected chi connectivity index (χ2v) is 5.65. The Morgan fingerprint density at radius 2 is 1.74 bits per heavy atom. The van der Waals surface area contributed by atoms with Gasteiger partial charge in [-0.05, 0) is 43.3 Å². The fourth-order valence-corrected chi connectivity index (χ4v) is 2.00. The molecule has 0 fully saturated rings. The van der Waals surface area contributed by atoms with Crippen LogP contribution in [-0.4, -0.2) is 24.6 Å². The molecule has 0 aliphatic rings. The van der Waals surface area contributed by atoms with Crippen LogP contribution in [0.2, 0.25) is 0 Å². The number of para-hydroxylation sites is 1. The smallest absolute Gasteiger partial charge is 0.347 e. The van der Waals surface area contributed by atoms with Crippen LogP contribution in [-0.2, 0) is 14.3 Å². The van der Waals surface area contributed by atoms with E-state index in [0.29, 0.717) is 11.4 Å². The molecule has 1 atom stereocenters. The predicted molar refractivity (Wildman–Crippen MR) is 90.3 cm³/mol. The zero-order chi connectivity index (χ0) is 16.7. The Hall–Kier alpha value is -2.34. The van der Waals surface area contributed by atoms with Gasteiger partial charge in [-0.25, -0.2) is 4.79 Å². The van der Waals surface area contributed by atoms with Gasteiger partial charge < -0.3 is 14.8 Å². The zero-order valence-electron chi connectivity index (χ0n) is 12.5. The van der Waals surface area contributed by atoms with E-state index in [2.05, 4.69) is 21.2 Å². The van der Waals surface area contributed by atoms with E-state index in [1.807, 2.05) is 6.07 Å². The average Bonchev–Trinajstić information content (AvgIpc) is 2.55. The summed E-state index contributed by atoms with van der Waals surface area (Å²) >= 11 is 3.31. The van der Waals surface area contributed by atoms with Crippen LogP contribution in [0.4, 0.5) is 5.69 Å². The Labute approximate surface area is 142 Å². The molecular formula is C17H16BrNO4.